The van der Waals surface area contributed by atoms with Crippen LogP contribution in [0.1, 0.15) is 26.3 Å². The first-order valence-electron chi connectivity index (χ1n) is 6.11. The fourth-order valence-corrected chi connectivity index (χ4v) is 2.19. The predicted octanol–water partition coefficient (Wildman–Crippen LogP) is 2.54. The normalized spacial score (nSPS) is 13.8. The number of carbonyl (C=O) groups is 2. The van der Waals surface area contributed by atoms with Crippen LogP contribution >= 0.6 is 0 Å². The third kappa shape index (κ3) is 2.03. The summed E-state index contributed by atoms with van der Waals surface area (Å²) in [5.41, 5.74) is 1.99. The van der Waals surface area contributed by atoms with Crippen molar-refractivity contribution < 1.29 is 9.59 Å². The molecule has 0 spiro atoms. The number of amides is 2. The molecule has 0 atom stereocenters. The van der Waals surface area contributed by atoms with Gasteiger partial charge in [0.2, 0.25) is 0 Å². The second-order valence-corrected chi connectivity index (χ2v) is 4.38. The van der Waals surface area contributed by atoms with E-state index >= 15 is 0 Å². The Balaban J connectivity index is 1.78. The Hall–Kier alpha value is -2.42. The molecule has 2 amide bonds. The Morgan fingerprint density at radius 2 is 1.32 bits per heavy atom. The molecule has 2 aromatic rings. The Bertz CT molecular complexity index is 599. The van der Waals surface area contributed by atoms with E-state index in [0.29, 0.717) is 17.7 Å². The number of rotatable bonds is 3. The van der Waals surface area contributed by atoms with E-state index in [2.05, 4.69) is 0 Å². The Morgan fingerprint density at radius 1 is 0.789 bits per heavy atom. The lowest BCUT2D eigenvalue weighted by atomic mass is 10.1. The van der Waals surface area contributed by atoms with E-state index in [1.807, 2.05) is 36.8 Å². The molecular formula is C16H12NO2. The Labute approximate surface area is 111 Å². The molecule has 1 radical (unpaired) electrons. The third-order valence-corrected chi connectivity index (χ3v) is 3.19. The molecule has 19 heavy (non-hydrogen) atoms. The maximum atomic E-state index is 12.1. The van der Waals surface area contributed by atoms with Crippen LogP contribution in [0.4, 0.5) is 0 Å². The molecular weight excluding hydrogens is 238 g/mol. The van der Waals surface area contributed by atoms with Crippen molar-refractivity contribution in [2.24, 2.45) is 0 Å². The highest BCUT2D eigenvalue weighted by Gasteiger charge is 2.34. The first-order valence-corrected chi connectivity index (χ1v) is 6.11. The molecule has 1 aliphatic heterocycles. The van der Waals surface area contributed by atoms with E-state index in [1.165, 1.54) is 4.90 Å². The highest BCUT2D eigenvalue weighted by Crippen LogP contribution is 2.22. The average molecular weight is 250 g/mol. The van der Waals surface area contributed by atoms with Crippen molar-refractivity contribution in [3.63, 3.8) is 0 Å². The zero-order valence-electron chi connectivity index (χ0n) is 10.2. The molecule has 3 heteroatoms. The average Bonchev–Trinajstić information content (AvgIpc) is 2.71. The summed E-state index contributed by atoms with van der Waals surface area (Å²) < 4.78 is 0. The standard InChI is InChI=1S/C16H12NO2/c18-15-13-8-4-5-9-14(13)16(19)17(15)11-10-12-6-2-1-3-7-12/h1-10H,11H2. The zero-order chi connectivity index (χ0) is 13.2. The number of hydrogen-bond donors (Lipinski definition) is 0. The van der Waals surface area contributed by atoms with Crippen molar-refractivity contribution in [2.75, 3.05) is 6.54 Å². The van der Waals surface area contributed by atoms with Gasteiger partial charge in [-0.25, -0.2) is 0 Å². The molecule has 93 valence electrons. The van der Waals surface area contributed by atoms with Crippen molar-refractivity contribution in [3.05, 3.63) is 77.7 Å². The van der Waals surface area contributed by atoms with Crippen LogP contribution in [0.15, 0.2) is 54.6 Å². The van der Waals surface area contributed by atoms with Gasteiger partial charge in [0.1, 0.15) is 0 Å². The second kappa shape index (κ2) is 4.69. The van der Waals surface area contributed by atoms with Crippen LogP contribution in [0.5, 0.6) is 0 Å². The van der Waals surface area contributed by atoms with Gasteiger partial charge in [0.15, 0.2) is 0 Å². The maximum absolute atomic E-state index is 12.1. The van der Waals surface area contributed by atoms with E-state index < -0.39 is 0 Å². The summed E-state index contributed by atoms with van der Waals surface area (Å²) in [6.07, 6.45) is 1.88. The molecule has 0 unspecified atom stereocenters. The van der Waals surface area contributed by atoms with Gasteiger partial charge in [-0.15, -0.1) is 0 Å². The Kier molecular flexibility index (Phi) is 2.88. The van der Waals surface area contributed by atoms with Crippen molar-refractivity contribution in [3.8, 4) is 0 Å². The molecule has 3 nitrogen and oxygen atoms in total. The van der Waals surface area contributed by atoms with Crippen LogP contribution < -0.4 is 0 Å². The minimum absolute atomic E-state index is 0.215. The van der Waals surface area contributed by atoms with Crippen LogP contribution in [-0.4, -0.2) is 23.3 Å². The summed E-state index contributed by atoms with van der Waals surface area (Å²) >= 11 is 0. The summed E-state index contributed by atoms with van der Waals surface area (Å²) in [7, 11) is 0. The molecule has 0 bridgehead atoms. The van der Waals surface area contributed by atoms with Crippen molar-refractivity contribution in [2.45, 2.75) is 0 Å². The highest BCUT2D eigenvalue weighted by molar-refractivity contribution is 6.21. The van der Waals surface area contributed by atoms with Gasteiger partial charge in [0.25, 0.3) is 11.8 Å². The quantitative estimate of drug-likeness (QED) is 0.785. The molecule has 3 rings (SSSR count). The topological polar surface area (TPSA) is 37.4 Å². The summed E-state index contributed by atoms with van der Waals surface area (Å²) in [6, 6.07) is 16.6. The lowest BCUT2D eigenvalue weighted by molar-refractivity contribution is 0.0668. The molecule has 1 heterocycles. The largest absolute Gasteiger partial charge is 0.274 e. The number of fused-ring (bicyclic) bond motifs is 1. The van der Waals surface area contributed by atoms with E-state index in [1.54, 1.807) is 24.3 Å². The highest BCUT2D eigenvalue weighted by atomic mass is 16.2. The minimum atomic E-state index is -0.215. The van der Waals surface area contributed by atoms with Crippen LogP contribution in [0, 0.1) is 6.42 Å². The molecule has 2 aromatic carbocycles. The number of nitrogens with zero attached hydrogens (tertiary/aromatic N) is 1. The van der Waals surface area contributed by atoms with Gasteiger partial charge < -0.3 is 0 Å². The van der Waals surface area contributed by atoms with Crippen molar-refractivity contribution in [1.29, 1.82) is 0 Å². The summed E-state index contributed by atoms with van der Waals surface area (Å²) in [5.74, 6) is -0.430. The van der Waals surface area contributed by atoms with E-state index in [-0.39, 0.29) is 11.8 Å². The molecule has 0 N–H and O–H groups in total. The number of benzene rings is 2. The van der Waals surface area contributed by atoms with Crippen LogP contribution in [0.2, 0.25) is 0 Å². The van der Waals surface area contributed by atoms with Crippen LogP contribution in [0.25, 0.3) is 0 Å². The smallest absolute Gasteiger partial charge is 0.261 e. The SMILES string of the molecule is O=C1c2ccccc2C(=O)N1C[CH]c1ccccc1. The zero-order valence-corrected chi connectivity index (χ0v) is 10.2. The summed E-state index contributed by atoms with van der Waals surface area (Å²) in [6.45, 7) is 0.302. The van der Waals surface area contributed by atoms with Gasteiger partial charge in [0.05, 0.1) is 11.1 Å². The third-order valence-electron chi connectivity index (χ3n) is 3.19. The predicted molar refractivity (Wildman–Crippen MR) is 71.7 cm³/mol. The van der Waals surface area contributed by atoms with E-state index in [0.717, 1.165) is 5.56 Å². The van der Waals surface area contributed by atoms with Gasteiger partial charge in [-0.3, -0.25) is 14.5 Å². The molecule has 0 saturated carbocycles. The fourth-order valence-electron chi connectivity index (χ4n) is 2.19. The number of hydrogen-bond acceptors (Lipinski definition) is 2. The first-order chi connectivity index (χ1) is 9.27. The summed E-state index contributed by atoms with van der Waals surface area (Å²) in [5, 5.41) is 0. The molecule has 0 aliphatic carbocycles. The molecule has 0 fully saturated rings. The van der Waals surface area contributed by atoms with Crippen LogP contribution in [0.3, 0.4) is 0 Å². The fraction of sp³-hybridized carbons (Fsp3) is 0.0625. The first kappa shape index (κ1) is 11.7. The summed E-state index contributed by atoms with van der Waals surface area (Å²) in [4.78, 5) is 25.5. The van der Waals surface area contributed by atoms with E-state index in [4.69, 9.17) is 0 Å². The molecule has 1 aliphatic rings. The van der Waals surface area contributed by atoms with E-state index in [9.17, 15) is 9.59 Å². The van der Waals surface area contributed by atoms with Gasteiger partial charge in [0, 0.05) is 13.0 Å². The maximum Gasteiger partial charge on any atom is 0.261 e. The van der Waals surface area contributed by atoms with Crippen LogP contribution in [-0.2, 0) is 0 Å². The van der Waals surface area contributed by atoms with Gasteiger partial charge in [-0.1, -0.05) is 42.5 Å². The Morgan fingerprint density at radius 3 is 1.89 bits per heavy atom. The number of imide groups is 1. The monoisotopic (exact) mass is 250 g/mol. The van der Waals surface area contributed by atoms with Gasteiger partial charge in [-0.2, -0.15) is 0 Å². The number of carbonyl (C=O) groups excluding carboxylic acids is 2. The minimum Gasteiger partial charge on any atom is -0.274 e. The van der Waals surface area contributed by atoms with Crippen molar-refractivity contribution in [1.82, 2.24) is 4.90 Å². The lowest BCUT2D eigenvalue weighted by Gasteiger charge is -2.13. The van der Waals surface area contributed by atoms with Gasteiger partial charge >= 0.3 is 0 Å². The molecule has 0 aromatic heterocycles. The molecule has 0 saturated heterocycles. The second-order valence-electron chi connectivity index (χ2n) is 4.38. The van der Waals surface area contributed by atoms with Crippen molar-refractivity contribution >= 4 is 11.8 Å². The van der Waals surface area contributed by atoms with Gasteiger partial charge in [-0.05, 0) is 17.7 Å². The lowest BCUT2D eigenvalue weighted by Crippen LogP contribution is -2.31.